The van der Waals surface area contributed by atoms with Crippen LogP contribution in [0.5, 0.6) is 0 Å². The predicted molar refractivity (Wildman–Crippen MR) is 105 cm³/mol. The summed E-state index contributed by atoms with van der Waals surface area (Å²) in [6.07, 6.45) is 1.61. The van der Waals surface area contributed by atoms with Crippen LogP contribution >= 0.6 is 11.3 Å². The average molecular weight is 382 g/mol. The topological polar surface area (TPSA) is 69.5 Å². The number of aromatic nitrogens is 1. The molecule has 27 heavy (non-hydrogen) atoms. The Balaban J connectivity index is 1.60. The highest BCUT2D eigenvalue weighted by Gasteiger charge is 2.17. The Morgan fingerprint density at radius 3 is 2.81 bits per heavy atom. The molecule has 1 aliphatic heterocycles. The van der Waals surface area contributed by atoms with E-state index >= 15 is 0 Å². The Morgan fingerprint density at radius 2 is 2.11 bits per heavy atom. The van der Waals surface area contributed by atoms with Gasteiger partial charge in [-0.2, -0.15) is 5.26 Å². The van der Waals surface area contributed by atoms with Crippen molar-refractivity contribution in [1.82, 2.24) is 14.8 Å². The number of hydrogen-bond acceptors (Lipinski definition) is 6. The number of carbonyl (C=O) groups excluding carboxylic acids is 1. The SMILES string of the molecule is CN(Cc1csc(CN2CCOCC2)n1)C(=O)/C(C#N)=C/c1ccccc1. The minimum Gasteiger partial charge on any atom is -0.379 e. The molecule has 0 atom stereocenters. The van der Waals surface area contributed by atoms with Crippen LogP contribution in [0, 0.1) is 11.3 Å². The fraction of sp³-hybridized carbons (Fsp3) is 0.350. The lowest BCUT2D eigenvalue weighted by Crippen LogP contribution is -2.35. The van der Waals surface area contributed by atoms with Crippen LogP contribution in [-0.2, 0) is 22.6 Å². The van der Waals surface area contributed by atoms with E-state index in [1.807, 2.05) is 41.8 Å². The number of nitriles is 1. The highest BCUT2D eigenvalue weighted by atomic mass is 32.1. The number of nitrogens with zero attached hydrogens (tertiary/aromatic N) is 4. The summed E-state index contributed by atoms with van der Waals surface area (Å²) in [7, 11) is 1.69. The van der Waals surface area contributed by atoms with Crippen LogP contribution in [0.15, 0.2) is 41.3 Å². The quantitative estimate of drug-likeness (QED) is 0.567. The number of hydrogen-bond donors (Lipinski definition) is 0. The van der Waals surface area contributed by atoms with Crippen LogP contribution in [0.2, 0.25) is 0 Å². The highest BCUT2D eigenvalue weighted by Crippen LogP contribution is 2.16. The molecule has 1 aliphatic rings. The van der Waals surface area contributed by atoms with E-state index in [1.165, 1.54) is 4.90 Å². The number of likely N-dealkylation sites (N-methyl/N-ethyl adjacent to an activating group) is 1. The van der Waals surface area contributed by atoms with E-state index in [0.717, 1.165) is 49.1 Å². The summed E-state index contributed by atoms with van der Waals surface area (Å²) >= 11 is 1.60. The first kappa shape index (κ1) is 19.2. The van der Waals surface area contributed by atoms with Gasteiger partial charge in [-0.1, -0.05) is 30.3 Å². The fourth-order valence-electron chi connectivity index (χ4n) is 2.82. The third kappa shape index (κ3) is 5.47. The Kier molecular flexibility index (Phi) is 6.71. The first-order valence-electron chi connectivity index (χ1n) is 8.81. The lowest BCUT2D eigenvalue weighted by atomic mass is 10.1. The summed E-state index contributed by atoms with van der Waals surface area (Å²) in [5.41, 5.74) is 1.79. The molecule has 7 heteroatoms. The zero-order valence-electron chi connectivity index (χ0n) is 15.3. The van der Waals surface area contributed by atoms with Crippen molar-refractivity contribution < 1.29 is 9.53 Å². The number of thiazole rings is 1. The van der Waals surface area contributed by atoms with Crippen molar-refractivity contribution in [2.45, 2.75) is 13.1 Å². The lowest BCUT2D eigenvalue weighted by Gasteiger charge is -2.25. The van der Waals surface area contributed by atoms with E-state index in [2.05, 4.69) is 9.88 Å². The van der Waals surface area contributed by atoms with Gasteiger partial charge in [0.25, 0.3) is 5.91 Å². The second-order valence-electron chi connectivity index (χ2n) is 6.36. The normalized spacial score (nSPS) is 15.3. The van der Waals surface area contributed by atoms with Gasteiger partial charge in [-0.05, 0) is 11.6 Å². The fourth-order valence-corrected chi connectivity index (χ4v) is 3.65. The van der Waals surface area contributed by atoms with Crippen molar-refractivity contribution in [3.63, 3.8) is 0 Å². The van der Waals surface area contributed by atoms with Crippen molar-refractivity contribution in [2.75, 3.05) is 33.4 Å². The maximum Gasteiger partial charge on any atom is 0.264 e. The van der Waals surface area contributed by atoms with Gasteiger partial charge in [0, 0.05) is 25.5 Å². The summed E-state index contributed by atoms with van der Waals surface area (Å²) in [6.45, 7) is 4.56. The molecule has 1 fully saturated rings. The maximum absolute atomic E-state index is 12.6. The first-order valence-corrected chi connectivity index (χ1v) is 9.69. The smallest absolute Gasteiger partial charge is 0.264 e. The molecular formula is C20H22N4O2S. The number of morpholine rings is 1. The molecule has 1 aromatic carbocycles. The molecule has 0 bridgehead atoms. The summed E-state index contributed by atoms with van der Waals surface area (Å²) in [6, 6.07) is 11.4. The van der Waals surface area contributed by atoms with Crippen LogP contribution in [0.1, 0.15) is 16.3 Å². The van der Waals surface area contributed by atoms with E-state index in [4.69, 9.17) is 4.74 Å². The second-order valence-corrected chi connectivity index (χ2v) is 7.31. The third-order valence-corrected chi connectivity index (χ3v) is 5.15. The zero-order chi connectivity index (χ0) is 19.1. The summed E-state index contributed by atoms with van der Waals surface area (Å²) in [5, 5.41) is 12.4. The Morgan fingerprint density at radius 1 is 1.37 bits per heavy atom. The molecule has 2 heterocycles. The summed E-state index contributed by atoms with van der Waals surface area (Å²) in [5.74, 6) is -0.302. The van der Waals surface area contributed by atoms with E-state index in [9.17, 15) is 10.1 Å². The van der Waals surface area contributed by atoms with Crippen molar-refractivity contribution >= 4 is 23.3 Å². The molecule has 2 aromatic rings. The molecule has 0 aliphatic carbocycles. The summed E-state index contributed by atoms with van der Waals surface area (Å²) < 4.78 is 5.36. The molecule has 3 rings (SSSR count). The predicted octanol–water partition coefficient (Wildman–Crippen LogP) is 2.54. The van der Waals surface area contributed by atoms with Crippen LogP contribution in [0.4, 0.5) is 0 Å². The van der Waals surface area contributed by atoms with Crippen LogP contribution in [-0.4, -0.2) is 54.0 Å². The zero-order valence-corrected chi connectivity index (χ0v) is 16.1. The molecule has 0 N–H and O–H groups in total. The first-order chi connectivity index (χ1) is 13.2. The van der Waals surface area contributed by atoms with Gasteiger partial charge in [-0.15, -0.1) is 11.3 Å². The number of amides is 1. The number of rotatable bonds is 6. The van der Waals surface area contributed by atoms with Gasteiger partial charge in [-0.3, -0.25) is 9.69 Å². The maximum atomic E-state index is 12.6. The molecular weight excluding hydrogens is 360 g/mol. The van der Waals surface area contributed by atoms with E-state index < -0.39 is 0 Å². The molecule has 0 spiro atoms. The number of benzene rings is 1. The molecule has 140 valence electrons. The molecule has 6 nitrogen and oxygen atoms in total. The van der Waals surface area contributed by atoms with Gasteiger partial charge in [0.1, 0.15) is 16.6 Å². The van der Waals surface area contributed by atoms with Gasteiger partial charge >= 0.3 is 0 Å². The summed E-state index contributed by atoms with van der Waals surface area (Å²) in [4.78, 5) is 21.1. The number of ether oxygens (including phenoxy) is 1. The second kappa shape index (κ2) is 9.42. The molecule has 0 unspecified atom stereocenters. The largest absolute Gasteiger partial charge is 0.379 e. The average Bonchev–Trinajstić information content (AvgIpc) is 3.13. The minimum absolute atomic E-state index is 0.118. The lowest BCUT2D eigenvalue weighted by molar-refractivity contribution is -0.125. The molecule has 0 saturated carbocycles. The monoisotopic (exact) mass is 382 g/mol. The van der Waals surface area contributed by atoms with Crippen molar-refractivity contribution in [1.29, 1.82) is 5.26 Å². The standard InChI is InChI=1S/C20H22N4O2S/c1-23(20(25)17(12-21)11-16-5-3-2-4-6-16)13-18-15-27-19(22-18)14-24-7-9-26-10-8-24/h2-6,11,15H,7-10,13-14H2,1H3/b17-11+. The van der Waals surface area contributed by atoms with Crippen LogP contribution < -0.4 is 0 Å². The van der Waals surface area contributed by atoms with Crippen molar-refractivity contribution in [3.05, 3.63) is 57.6 Å². The van der Waals surface area contributed by atoms with Gasteiger partial charge in [0.2, 0.25) is 0 Å². The van der Waals surface area contributed by atoms with Crippen LogP contribution in [0.25, 0.3) is 6.08 Å². The van der Waals surface area contributed by atoms with E-state index in [-0.39, 0.29) is 11.5 Å². The highest BCUT2D eigenvalue weighted by molar-refractivity contribution is 7.09. The Bertz CT molecular complexity index is 835. The van der Waals surface area contributed by atoms with Gasteiger partial charge in [0.15, 0.2) is 0 Å². The van der Waals surface area contributed by atoms with E-state index in [1.54, 1.807) is 24.5 Å². The third-order valence-electron chi connectivity index (χ3n) is 4.27. The van der Waals surface area contributed by atoms with E-state index in [0.29, 0.717) is 6.54 Å². The van der Waals surface area contributed by atoms with Crippen molar-refractivity contribution in [2.24, 2.45) is 0 Å². The molecule has 1 aromatic heterocycles. The van der Waals surface area contributed by atoms with Crippen LogP contribution in [0.3, 0.4) is 0 Å². The van der Waals surface area contributed by atoms with Crippen molar-refractivity contribution in [3.8, 4) is 6.07 Å². The molecule has 1 saturated heterocycles. The molecule has 1 amide bonds. The Labute approximate surface area is 163 Å². The van der Waals surface area contributed by atoms with Gasteiger partial charge in [-0.25, -0.2) is 4.98 Å². The number of carbonyl (C=O) groups is 1. The minimum atomic E-state index is -0.302. The van der Waals surface area contributed by atoms with Gasteiger partial charge in [0.05, 0.1) is 32.0 Å². The van der Waals surface area contributed by atoms with Gasteiger partial charge < -0.3 is 9.64 Å². The molecule has 0 radical (unpaired) electrons. The Hall–Kier alpha value is -2.53.